The first kappa shape index (κ1) is 29.7. The Kier molecular flexibility index (Phi) is 7.45. The second-order valence-electron chi connectivity index (χ2n) is 10.2. The molecule has 0 aliphatic carbocycles. The van der Waals surface area contributed by atoms with Crippen LogP contribution < -0.4 is 19.1 Å². The molecule has 230 valence electrons. The lowest BCUT2D eigenvalue weighted by Crippen LogP contribution is -2.25. The van der Waals surface area contributed by atoms with E-state index in [1.807, 2.05) is 0 Å². The summed E-state index contributed by atoms with van der Waals surface area (Å²) in [6.45, 7) is 0. The van der Waals surface area contributed by atoms with E-state index < -0.39 is 21.7 Å². The normalized spacial score (nSPS) is 11.6. The van der Waals surface area contributed by atoms with E-state index in [0.717, 1.165) is 10.6 Å². The van der Waals surface area contributed by atoms with Crippen LogP contribution in [0.3, 0.4) is 0 Å². The van der Waals surface area contributed by atoms with Crippen molar-refractivity contribution in [1.29, 1.82) is 0 Å². The molecule has 2 aromatic heterocycles. The molecule has 0 saturated carbocycles. The highest BCUT2D eigenvalue weighted by Gasteiger charge is 2.27. The Bertz CT molecular complexity index is 2210. The topological polar surface area (TPSA) is 124 Å². The van der Waals surface area contributed by atoms with Crippen molar-refractivity contribution in [2.45, 2.75) is 0 Å². The number of para-hydroxylation sites is 1. The molecule has 4 aromatic carbocycles. The Morgan fingerprint density at radius 1 is 0.889 bits per heavy atom. The van der Waals surface area contributed by atoms with Crippen LogP contribution in [0, 0.1) is 5.82 Å². The predicted molar refractivity (Wildman–Crippen MR) is 170 cm³/mol. The quantitative estimate of drug-likeness (QED) is 0.203. The summed E-state index contributed by atoms with van der Waals surface area (Å²) in [5.74, 6) is 0.614. The number of rotatable bonds is 8. The first-order chi connectivity index (χ1) is 21.5. The molecular formula is C33H28FN3O7S. The van der Waals surface area contributed by atoms with E-state index in [9.17, 15) is 17.6 Å². The number of hydrogen-bond donors (Lipinski definition) is 1. The number of oxazole rings is 1. The number of halogens is 1. The highest BCUT2D eigenvalue weighted by molar-refractivity contribution is 7.92. The van der Waals surface area contributed by atoms with E-state index in [2.05, 4.69) is 10.3 Å². The van der Waals surface area contributed by atoms with Crippen LogP contribution in [-0.4, -0.2) is 53.9 Å². The summed E-state index contributed by atoms with van der Waals surface area (Å²) in [5, 5.41) is 3.07. The van der Waals surface area contributed by atoms with Gasteiger partial charge < -0.3 is 23.6 Å². The maximum Gasteiger partial charge on any atom is 0.255 e. The van der Waals surface area contributed by atoms with Crippen molar-refractivity contribution in [1.82, 2.24) is 10.3 Å². The molecule has 0 spiro atoms. The highest BCUT2D eigenvalue weighted by atomic mass is 32.2. The minimum absolute atomic E-state index is 0.213. The van der Waals surface area contributed by atoms with E-state index in [1.54, 1.807) is 55.6 Å². The third kappa shape index (κ3) is 5.22. The van der Waals surface area contributed by atoms with Crippen LogP contribution in [0.15, 0.2) is 81.6 Å². The third-order valence-corrected chi connectivity index (χ3v) is 8.74. The molecule has 0 radical (unpaired) electrons. The standard InChI is InChI=1S/C33H28FN3O7S/c1-35-32(38)29-22-16-21(24(37(2)45(5,39)40)17-28(22)43-31(29)18-9-12-20(34)13-10-18)19-11-14-25(41-3)23(15-19)33-36-30-26(42-4)7-6-8-27(30)44-33/h6-17H,1-5H3,(H,35,38). The maximum atomic E-state index is 13.7. The number of fused-ring (bicyclic) bond motifs is 2. The average molecular weight is 630 g/mol. The van der Waals surface area contributed by atoms with Gasteiger partial charge in [-0.05, 0) is 60.2 Å². The molecule has 1 N–H and O–H groups in total. The summed E-state index contributed by atoms with van der Waals surface area (Å²) in [6.07, 6.45) is 1.09. The molecule has 1 amide bonds. The number of anilines is 1. The van der Waals surface area contributed by atoms with Crippen LogP contribution in [-0.2, 0) is 10.0 Å². The Labute approximate surface area is 258 Å². The van der Waals surface area contributed by atoms with Crippen LogP contribution in [0.2, 0.25) is 0 Å². The molecule has 0 unspecified atom stereocenters. The molecule has 6 rings (SSSR count). The zero-order valence-electron chi connectivity index (χ0n) is 25.0. The van der Waals surface area contributed by atoms with Crippen molar-refractivity contribution in [2.24, 2.45) is 0 Å². The van der Waals surface area contributed by atoms with Crippen LogP contribution >= 0.6 is 0 Å². The van der Waals surface area contributed by atoms with Gasteiger partial charge in [0, 0.05) is 36.7 Å². The second kappa shape index (κ2) is 11.3. The van der Waals surface area contributed by atoms with E-state index in [0.29, 0.717) is 55.9 Å². The average Bonchev–Trinajstić information content (AvgIpc) is 3.64. The number of nitrogens with one attached hydrogen (secondary N) is 1. The first-order valence-corrected chi connectivity index (χ1v) is 15.5. The number of amides is 1. The summed E-state index contributed by atoms with van der Waals surface area (Å²) in [6, 6.07) is 19.4. The number of methoxy groups -OCH3 is 2. The molecule has 6 aromatic rings. The summed E-state index contributed by atoms with van der Waals surface area (Å²) < 4.78 is 63.8. The number of ether oxygens (including phenoxy) is 2. The molecule has 0 aliphatic rings. The molecule has 0 bridgehead atoms. The molecule has 12 heteroatoms. The molecule has 10 nitrogen and oxygen atoms in total. The molecule has 0 fully saturated rings. The number of benzene rings is 4. The molecule has 0 aliphatic heterocycles. The summed E-state index contributed by atoms with van der Waals surface area (Å²) in [7, 11) is 2.26. The van der Waals surface area contributed by atoms with Crippen LogP contribution in [0.25, 0.3) is 56.0 Å². The van der Waals surface area contributed by atoms with Gasteiger partial charge in [0.25, 0.3) is 5.91 Å². The number of nitrogens with zero attached hydrogens (tertiary/aromatic N) is 2. The molecular weight excluding hydrogens is 601 g/mol. The SMILES string of the molecule is CNC(=O)c1c(-c2ccc(F)cc2)oc2cc(N(C)S(C)(=O)=O)c(-c3ccc(OC)c(-c4nc5c(OC)cccc5o4)c3)cc12. The lowest BCUT2D eigenvalue weighted by atomic mass is 9.97. The van der Waals surface area contributed by atoms with Gasteiger partial charge in [0.1, 0.15) is 28.7 Å². The zero-order chi connectivity index (χ0) is 32.0. The fourth-order valence-corrected chi connectivity index (χ4v) is 5.71. The number of carbonyl (C=O) groups excluding carboxylic acids is 1. The number of sulfonamides is 1. The van der Waals surface area contributed by atoms with Gasteiger partial charge in [-0.1, -0.05) is 12.1 Å². The number of carbonyl (C=O) groups is 1. The summed E-state index contributed by atoms with van der Waals surface area (Å²) in [4.78, 5) is 17.9. The van der Waals surface area contributed by atoms with Crippen LogP contribution in [0.4, 0.5) is 10.1 Å². The number of aromatic nitrogens is 1. The first-order valence-electron chi connectivity index (χ1n) is 13.7. The van der Waals surface area contributed by atoms with Gasteiger partial charge in [0.15, 0.2) is 11.1 Å². The minimum atomic E-state index is -3.74. The van der Waals surface area contributed by atoms with Crippen molar-refractivity contribution in [2.75, 3.05) is 38.9 Å². The smallest absolute Gasteiger partial charge is 0.255 e. The predicted octanol–water partition coefficient (Wildman–Crippen LogP) is 6.49. The van der Waals surface area contributed by atoms with Crippen molar-refractivity contribution in [3.63, 3.8) is 0 Å². The molecule has 0 saturated heterocycles. The third-order valence-electron chi connectivity index (χ3n) is 7.55. The van der Waals surface area contributed by atoms with Gasteiger partial charge in [-0.25, -0.2) is 17.8 Å². The largest absolute Gasteiger partial charge is 0.496 e. The van der Waals surface area contributed by atoms with E-state index in [-0.39, 0.29) is 22.8 Å². The van der Waals surface area contributed by atoms with Crippen LogP contribution in [0.1, 0.15) is 10.4 Å². The molecule has 2 heterocycles. The van der Waals surface area contributed by atoms with Gasteiger partial charge in [-0.15, -0.1) is 0 Å². The van der Waals surface area contributed by atoms with Gasteiger partial charge in [0.05, 0.1) is 37.3 Å². The van der Waals surface area contributed by atoms with Crippen molar-refractivity contribution in [3.05, 3.63) is 84.2 Å². The molecule has 0 atom stereocenters. The van der Waals surface area contributed by atoms with Gasteiger partial charge in [-0.3, -0.25) is 9.10 Å². The van der Waals surface area contributed by atoms with E-state index >= 15 is 0 Å². The second-order valence-corrected chi connectivity index (χ2v) is 12.2. The Balaban J connectivity index is 1.63. The van der Waals surface area contributed by atoms with Gasteiger partial charge in [0.2, 0.25) is 15.9 Å². The van der Waals surface area contributed by atoms with Gasteiger partial charge >= 0.3 is 0 Å². The van der Waals surface area contributed by atoms with E-state index in [1.165, 1.54) is 45.5 Å². The lowest BCUT2D eigenvalue weighted by molar-refractivity contribution is 0.0964. The zero-order valence-corrected chi connectivity index (χ0v) is 25.8. The molecule has 45 heavy (non-hydrogen) atoms. The Hall–Kier alpha value is -5.36. The fourth-order valence-electron chi connectivity index (χ4n) is 5.20. The monoisotopic (exact) mass is 629 g/mol. The fraction of sp³-hybridized carbons (Fsp3) is 0.152. The van der Waals surface area contributed by atoms with Crippen molar-refractivity contribution in [3.8, 4) is 45.4 Å². The maximum absolute atomic E-state index is 13.7. The van der Waals surface area contributed by atoms with Crippen LogP contribution in [0.5, 0.6) is 11.5 Å². The Morgan fingerprint density at radius 2 is 1.60 bits per heavy atom. The van der Waals surface area contributed by atoms with E-state index in [4.69, 9.17) is 18.3 Å². The number of furan rings is 1. The number of hydrogen-bond acceptors (Lipinski definition) is 8. The minimum Gasteiger partial charge on any atom is -0.496 e. The summed E-state index contributed by atoms with van der Waals surface area (Å²) >= 11 is 0. The van der Waals surface area contributed by atoms with Crippen molar-refractivity contribution < 1.29 is 35.9 Å². The lowest BCUT2D eigenvalue weighted by Gasteiger charge is -2.21. The van der Waals surface area contributed by atoms with Crippen molar-refractivity contribution >= 4 is 43.7 Å². The summed E-state index contributed by atoms with van der Waals surface area (Å²) in [5.41, 5.74) is 3.86. The van der Waals surface area contributed by atoms with Gasteiger partial charge in [-0.2, -0.15) is 0 Å². The Morgan fingerprint density at radius 3 is 2.27 bits per heavy atom. The highest BCUT2D eigenvalue weighted by Crippen LogP contribution is 2.43.